The Morgan fingerprint density at radius 2 is 1.84 bits per heavy atom. The van der Waals surface area contributed by atoms with Crippen molar-refractivity contribution < 1.29 is 9.84 Å². The van der Waals surface area contributed by atoms with Gasteiger partial charge in [0.05, 0.1) is 6.10 Å². The van der Waals surface area contributed by atoms with Crippen LogP contribution in [0.25, 0.3) is 0 Å². The van der Waals surface area contributed by atoms with E-state index in [1.165, 1.54) is 0 Å². The molecule has 2 aromatic rings. The molecule has 1 atom stereocenters. The highest BCUT2D eigenvalue weighted by molar-refractivity contribution is 9.10. The second kappa shape index (κ2) is 6.22. The zero-order valence-electron chi connectivity index (χ0n) is 11.1. The van der Waals surface area contributed by atoms with Gasteiger partial charge in [0.15, 0.2) is 0 Å². The SMILES string of the molecule is Cc1ccc(OCc2ccc(Br)cc2)c([C@H](C)O)c1. The van der Waals surface area contributed by atoms with Crippen LogP contribution >= 0.6 is 15.9 Å². The van der Waals surface area contributed by atoms with Crippen LogP contribution in [0.15, 0.2) is 46.9 Å². The first-order valence-electron chi connectivity index (χ1n) is 6.22. The lowest BCUT2D eigenvalue weighted by Crippen LogP contribution is -2.01. The van der Waals surface area contributed by atoms with E-state index in [0.29, 0.717) is 6.61 Å². The third-order valence-corrected chi connectivity index (χ3v) is 3.45. The second-order valence-corrected chi connectivity index (χ2v) is 5.55. The molecule has 1 N–H and O–H groups in total. The molecule has 0 aliphatic carbocycles. The molecule has 0 saturated carbocycles. The lowest BCUT2D eigenvalue weighted by Gasteiger charge is -2.14. The lowest BCUT2D eigenvalue weighted by atomic mass is 10.1. The predicted octanol–water partition coefficient (Wildman–Crippen LogP) is 4.39. The van der Waals surface area contributed by atoms with E-state index in [4.69, 9.17) is 4.74 Å². The van der Waals surface area contributed by atoms with Crippen molar-refractivity contribution in [1.82, 2.24) is 0 Å². The number of benzene rings is 2. The van der Waals surface area contributed by atoms with Gasteiger partial charge in [-0.3, -0.25) is 0 Å². The molecular formula is C16H17BrO2. The average Bonchev–Trinajstić information content (AvgIpc) is 2.39. The summed E-state index contributed by atoms with van der Waals surface area (Å²) in [5, 5.41) is 9.78. The quantitative estimate of drug-likeness (QED) is 0.905. The maximum Gasteiger partial charge on any atom is 0.125 e. The van der Waals surface area contributed by atoms with Crippen LogP contribution in [0.4, 0.5) is 0 Å². The van der Waals surface area contributed by atoms with Crippen molar-refractivity contribution in [2.24, 2.45) is 0 Å². The van der Waals surface area contributed by atoms with Crippen molar-refractivity contribution in [2.75, 3.05) is 0 Å². The number of hydrogen-bond donors (Lipinski definition) is 1. The molecule has 0 bridgehead atoms. The zero-order chi connectivity index (χ0) is 13.8. The molecular weight excluding hydrogens is 304 g/mol. The van der Waals surface area contributed by atoms with Crippen LogP contribution < -0.4 is 4.74 Å². The van der Waals surface area contributed by atoms with Gasteiger partial charge in [-0.25, -0.2) is 0 Å². The molecule has 0 radical (unpaired) electrons. The zero-order valence-corrected chi connectivity index (χ0v) is 12.6. The van der Waals surface area contributed by atoms with E-state index in [1.807, 2.05) is 49.4 Å². The smallest absolute Gasteiger partial charge is 0.125 e. The monoisotopic (exact) mass is 320 g/mol. The number of hydrogen-bond acceptors (Lipinski definition) is 2. The topological polar surface area (TPSA) is 29.5 Å². The van der Waals surface area contributed by atoms with Gasteiger partial charge in [0.1, 0.15) is 12.4 Å². The van der Waals surface area contributed by atoms with Crippen molar-refractivity contribution in [2.45, 2.75) is 26.6 Å². The van der Waals surface area contributed by atoms with Crippen molar-refractivity contribution >= 4 is 15.9 Å². The van der Waals surface area contributed by atoms with E-state index in [0.717, 1.165) is 26.9 Å². The normalized spacial score (nSPS) is 12.2. The minimum Gasteiger partial charge on any atom is -0.489 e. The molecule has 0 heterocycles. The third kappa shape index (κ3) is 3.82. The van der Waals surface area contributed by atoms with Crippen molar-refractivity contribution in [3.8, 4) is 5.75 Å². The summed E-state index contributed by atoms with van der Waals surface area (Å²) in [6.07, 6.45) is -0.528. The van der Waals surface area contributed by atoms with Gasteiger partial charge in [-0.2, -0.15) is 0 Å². The molecule has 0 unspecified atom stereocenters. The van der Waals surface area contributed by atoms with Gasteiger partial charge >= 0.3 is 0 Å². The molecule has 0 aliphatic heterocycles. The molecule has 100 valence electrons. The van der Waals surface area contributed by atoms with Gasteiger partial charge in [0.25, 0.3) is 0 Å². The average molecular weight is 321 g/mol. The fourth-order valence-electron chi connectivity index (χ4n) is 1.87. The van der Waals surface area contributed by atoms with Crippen LogP contribution in [-0.2, 0) is 6.61 Å². The van der Waals surface area contributed by atoms with Crippen LogP contribution in [0.1, 0.15) is 29.7 Å². The Kier molecular flexibility index (Phi) is 4.61. The molecule has 0 amide bonds. The van der Waals surface area contributed by atoms with E-state index in [9.17, 15) is 5.11 Å². The van der Waals surface area contributed by atoms with E-state index in [-0.39, 0.29) is 0 Å². The van der Waals surface area contributed by atoms with Crippen LogP contribution in [-0.4, -0.2) is 5.11 Å². The fourth-order valence-corrected chi connectivity index (χ4v) is 2.13. The van der Waals surface area contributed by atoms with Crippen molar-refractivity contribution in [3.05, 3.63) is 63.6 Å². The Hall–Kier alpha value is -1.32. The summed E-state index contributed by atoms with van der Waals surface area (Å²) in [5.41, 5.74) is 3.05. The van der Waals surface area contributed by atoms with Crippen LogP contribution in [0.5, 0.6) is 5.75 Å². The molecule has 0 aromatic heterocycles. The second-order valence-electron chi connectivity index (χ2n) is 4.63. The maximum absolute atomic E-state index is 9.78. The lowest BCUT2D eigenvalue weighted by molar-refractivity contribution is 0.190. The van der Waals surface area contributed by atoms with Gasteiger partial charge < -0.3 is 9.84 Å². The van der Waals surface area contributed by atoms with Gasteiger partial charge in [-0.1, -0.05) is 39.7 Å². The summed E-state index contributed by atoms with van der Waals surface area (Å²) >= 11 is 3.41. The highest BCUT2D eigenvalue weighted by Gasteiger charge is 2.09. The Morgan fingerprint density at radius 3 is 2.47 bits per heavy atom. The molecule has 0 saturated heterocycles. The Morgan fingerprint density at radius 1 is 1.16 bits per heavy atom. The highest BCUT2D eigenvalue weighted by atomic mass is 79.9. The molecule has 2 nitrogen and oxygen atoms in total. The fraction of sp³-hybridized carbons (Fsp3) is 0.250. The summed E-state index contributed by atoms with van der Waals surface area (Å²) in [4.78, 5) is 0. The Labute approximate surface area is 122 Å². The molecule has 3 heteroatoms. The van der Waals surface area contributed by atoms with Gasteiger partial charge in [0.2, 0.25) is 0 Å². The van der Waals surface area contributed by atoms with Gasteiger partial charge in [0, 0.05) is 10.0 Å². The van der Waals surface area contributed by atoms with E-state index >= 15 is 0 Å². The molecule has 0 aliphatic rings. The summed E-state index contributed by atoms with van der Waals surface area (Å²) < 4.78 is 6.86. The minimum absolute atomic E-state index is 0.496. The van der Waals surface area contributed by atoms with Crippen LogP contribution in [0.2, 0.25) is 0 Å². The van der Waals surface area contributed by atoms with E-state index in [1.54, 1.807) is 6.92 Å². The van der Waals surface area contributed by atoms with Crippen molar-refractivity contribution in [3.63, 3.8) is 0 Å². The number of aliphatic hydroxyl groups is 1. The molecule has 0 fully saturated rings. The molecule has 2 rings (SSSR count). The van der Waals surface area contributed by atoms with E-state index < -0.39 is 6.10 Å². The Bertz CT molecular complexity index is 547. The van der Waals surface area contributed by atoms with Crippen LogP contribution in [0, 0.1) is 6.92 Å². The summed E-state index contributed by atoms with van der Waals surface area (Å²) in [6, 6.07) is 13.9. The van der Waals surface area contributed by atoms with E-state index in [2.05, 4.69) is 15.9 Å². The minimum atomic E-state index is -0.528. The number of rotatable bonds is 4. The maximum atomic E-state index is 9.78. The number of aliphatic hydroxyl groups excluding tert-OH is 1. The summed E-state index contributed by atoms with van der Waals surface area (Å²) in [7, 11) is 0. The Balaban J connectivity index is 2.13. The largest absolute Gasteiger partial charge is 0.489 e. The van der Waals surface area contributed by atoms with Gasteiger partial charge in [-0.15, -0.1) is 0 Å². The highest BCUT2D eigenvalue weighted by Crippen LogP contribution is 2.27. The number of aryl methyl sites for hydroxylation is 1. The third-order valence-electron chi connectivity index (χ3n) is 2.92. The first-order valence-corrected chi connectivity index (χ1v) is 7.01. The molecule has 19 heavy (non-hydrogen) atoms. The first-order chi connectivity index (χ1) is 9.06. The summed E-state index contributed by atoms with van der Waals surface area (Å²) in [5.74, 6) is 0.739. The number of ether oxygens (including phenoxy) is 1. The predicted molar refractivity (Wildman–Crippen MR) is 80.3 cm³/mol. The van der Waals surface area contributed by atoms with Gasteiger partial charge in [-0.05, 0) is 43.7 Å². The van der Waals surface area contributed by atoms with Crippen molar-refractivity contribution in [1.29, 1.82) is 0 Å². The first kappa shape index (κ1) is 14.1. The summed E-state index contributed by atoms with van der Waals surface area (Å²) in [6.45, 7) is 4.25. The number of halogens is 1. The standard InChI is InChI=1S/C16H17BrO2/c1-11-3-8-16(15(9-11)12(2)18)19-10-13-4-6-14(17)7-5-13/h3-9,12,18H,10H2,1-2H3/t12-/m0/s1. The van der Waals surface area contributed by atoms with Crippen LogP contribution in [0.3, 0.4) is 0 Å². The molecule has 0 spiro atoms. The molecule has 2 aromatic carbocycles.